The molecule has 2 aromatic carbocycles. The van der Waals surface area contributed by atoms with Crippen molar-refractivity contribution in [1.29, 1.82) is 5.26 Å². The van der Waals surface area contributed by atoms with E-state index in [0.29, 0.717) is 39.1 Å². The number of hydrogen-bond donors (Lipinski definition) is 2. The van der Waals surface area contributed by atoms with Gasteiger partial charge in [-0.2, -0.15) is 5.26 Å². The molecule has 0 aliphatic heterocycles. The van der Waals surface area contributed by atoms with Gasteiger partial charge in [0, 0.05) is 16.3 Å². The predicted octanol–water partition coefficient (Wildman–Crippen LogP) is 4.58. The maximum absolute atomic E-state index is 13.1. The number of carbonyl (C=O) groups is 2. The molecule has 4 rings (SSSR count). The normalized spacial score (nSPS) is 10.7. The highest BCUT2D eigenvalue weighted by molar-refractivity contribution is 9.10. The van der Waals surface area contributed by atoms with Crippen molar-refractivity contribution >= 4 is 55.0 Å². The highest BCUT2D eigenvalue weighted by Crippen LogP contribution is 2.28. The van der Waals surface area contributed by atoms with Gasteiger partial charge in [-0.1, -0.05) is 28.1 Å². The largest absolute Gasteiger partial charge is 0.364 e. The molecule has 0 radical (unpaired) electrons. The number of nitrogens with one attached hydrogen (secondary N) is 1. The monoisotopic (exact) mass is 505 g/mol. The van der Waals surface area contributed by atoms with E-state index < -0.39 is 5.91 Å². The van der Waals surface area contributed by atoms with Gasteiger partial charge in [-0.25, -0.2) is 9.97 Å². The second-order valence-electron chi connectivity index (χ2n) is 7.04. The van der Waals surface area contributed by atoms with Gasteiger partial charge in [-0.05, 0) is 48.9 Å². The topological polar surface area (TPSA) is 122 Å². The molecule has 2 amide bonds. The van der Waals surface area contributed by atoms with Crippen LogP contribution in [0, 0.1) is 18.3 Å². The molecule has 0 unspecified atom stereocenters. The van der Waals surface area contributed by atoms with Gasteiger partial charge in [0.2, 0.25) is 0 Å². The maximum Gasteiger partial charge on any atom is 0.267 e. The van der Waals surface area contributed by atoms with E-state index in [-0.39, 0.29) is 11.6 Å². The summed E-state index contributed by atoms with van der Waals surface area (Å²) in [6, 6.07) is 16.1. The van der Waals surface area contributed by atoms with Crippen LogP contribution < -0.4 is 11.1 Å². The van der Waals surface area contributed by atoms with Gasteiger partial charge in [0.25, 0.3) is 11.8 Å². The molecule has 2 aromatic heterocycles. The van der Waals surface area contributed by atoms with Crippen molar-refractivity contribution in [3.05, 3.63) is 86.1 Å². The Balaban J connectivity index is 1.63. The molecule has 0 aliphatic rings. The molecule has 0 saturated carbocycles. The first-order valence-electron chi connectivity index (χ1n) is 9.51. The van der Waals surface area contributed by atoms with Gasteiger partial charge >= 0.3 is 0 Å². The summed E-state index contributed by atoms with van der Waals surface area (Å²) >= 11 is 4.79. The van der Waals surface area contributed by atoms with Crippen molar-refractivity contribution in [3.63, 3.8) is 0 Å². The van der Waals surface area contributed by atoms with E-state index in [0.717, 1.165) is 15.0 Å². The number of amides is 2. The van der Waals surface area contributed by atoms with Crippen molar-refractivity contribution < 1.29 is 9.59 Å². The molecule has 0 saturated heterocycles. The zero-order chi connectivity index (χ0) is 22.8. The Morgan fingerprint density at radius 3 is 2.59 bits per heavy atom. The molecule has 0 atom stereocenters. The minimum Gasteiger partial charge on any atom is -0.364 e. The van der Waals surface area contributed by atoms with E-state index in [4.69, 9.17) is 11.0 Å². The lowest BCUT2D eigenvalue weighted by atomic mass is 10.1. The average molecular weight is 506 g/mol. The number of benzene rings is 2. The summed E-state index contributed by atoms with van der Waals surface area (Å²) in [7, 11) is 0. The first kappa shape index (κ1) is 21.6. The second kappa shape index (κ2) is 8.86. The van der Waals surface area contributed by atoms with Crippen molar-refractivity contribution in [3.8, 4) is 6.07 Å². The Hall–Kier alpha value is -3.61. The maximum atomic E-state index is 13.1. The molecule has 7 nitrogen and oxygen atoms in total. The Morgan fingerprint density at radius 1 is 1.16 bits per heavy atom. The van der Waals surface area contributed by atoms with Crippen LogP contribution in [0.25, 0.3) is 10.9 Å². The summed E-state index contributed by atoms with van der Waals surface area (Å²) in [4.78, 5) is 33.7. The van der Waals surface area contributed by atoms with Gasteiger partial charge in [-0.15, -0.1) is 11.3 Å². The van der Waals surface area contributed by atoms with Gasteiger partial charge in [0.05, 0.1) is 33.4 Å². The van der Waals surface area contributed by atoms with E-state index in [2.05, 4.69) is 37.3 Å². The van der Waals surface area contributed by atoms with Crippen LogP contribution in [-0.4, -0.2) is 21.8 Å². The Kier molecular flexibility index (Phi) is 5.99. The fourth-order valence-electron chi connectivity index (χ4n) is 3.20. The van der Waals surface area contributed by atoms with Crippen molar-refractivity contribution in [2.45, 2.75) is 13.3 Å². The molecule has 0 aliphatic carbocycles. The Labute approximate surface area is 196 Å². The van der Waals surface area contributed by atoms with Crippen LogP contribution >= 0.6 is 27.3 Å². The van der Waals surface area contributed by atoms with E-state index in [1.807, 2.05) is 19.1 Å². The number of thiazole rings is 1. The lowest BCUT2D eigenvalue weighted by molar-refractivity contribution is 0.0996. The van der Waals surface area contributed by atoms with E-state index in [1.54, 1.807) is 30.3 Å². The van der Waals surface area contributed by atoms with E-state index >= 15 is 0 Å². The smallest absolute Gasteiger partial charge is 0.267 e. The van der Waals surface area contributed by atoms with Crippen LogP contribution in [0.3, 0.4) is 0 Å². The number of hydrogen-bond acceptors (Lipinski definition) is 6. The first-order valence-corrected chi connectivity index (χ1v) is 11.1. The van der Waals surface area contributed by atoms with Crippen LogP contribution in [0.15, 0.2) is 53.0 Å². The lowest BCUT2D eigenvalue weighted by Gasteiger charge is -2.09. The van der Waals surface area contributed by atoms with Crippen LogP contribution in [0.1, 0.15) is 42.7 Å². The molecule has 32 heavy (non-hydrogen) atoms. The van der Waals surface area contributed by atoms with Crippen LogP contribution in [0.4, 0.5) is 5.00 Å². The number of halogens is 1. The summed E-state index contributed by atoms with van der Waals surface area (Å²) in [6.45, 7) is 1.82. The minimum absolute atomic E-state index is 0.0208. The fraction of sp³-hybridized carbons (Fsp3) is 0.0870. The van der Waals surface area contributed by atoms with Crippen LogP contribution in [-0.2, 0) is 6.42 Å². The summed E-state index contributed by atoms with van der Waals surface area (Å²) < 4.78 is 0.784. The fourth-order valence-corrected chi connectivity index (χ4v) is 4.55. The van der Waals surface area contributed by atoms with Crippen molar-refractivity contribution in [2.75, 3.05) is 5.32 Å². The number of pyridine rings is 1. The van der Waals surface area contributed by atoms with Gasteiger partial charge in [0.1, 0.15) is 10.7 Å². The SMILES string of the molecule is Cc1nc(Cc2ccc(C#N)cc2)sc1NC(=O)c1cc(C(N)=O)nc2ccc(Br)cc12. The zero-order valence-electron chi connectivity index (χ0n) is 16.8. The Bertz CT molecular complexity index is 1410. The van der Waals surface area contributed by atoms with Crippen LogP contribution in [0.5, 0.6) is 0 Å². The first-order chi connectivity index (χ1) is 15.3. The predicted molar refractivity (Wildman–Crippen MR) is 127 cm³/mol. The average Bonchev–Trinajstić information content (AvgIpc) is 3.11. The zero-order valence-corrected chi connectivity index (χ0v) is 19.3. The van der Waals surface area contributed by atoms with Crippen LogP contribution in [0.2, 0.25) is 0 Å². The summed E-state index contributed by atoms with van der Waals surface area (Å²) in [5, 5.41) is 13.9. The van der Waals surface area contributed by atoms with Gasteiger partial charge in [0.15, 0.2) is 0 Å². The summed E-state index contributed by atoms with van der Waals surface area (Å²) in [5.74, 6) is -1.09. The van der Waals surface area contributed by atoms with Crippen molar-refractivity contribution in [1.82, 2.24) is 9.97 Å². The lowest BCUT2D eigenvalue weighted by Crippen LogP contribution is -2.17. The number of primary amides is 1. The molecule has 9 heteroatoms. The minimum atomic E-state index is -0.706. The second-order valence-corrected chi connectivity index (χ2v) is 9.04. The van der Waals surface area contributed by atoms with Gasteiger partial charge in [-0.3, -0.25) is 9.59 Å². The third-order valence-corrected chi connectivity index (χ3v) is 6.34. The number of nitriles is 1. The molecule has 2 heterocycles. The number of rotatable bonds is 5. The molecule has 0 bridgehead atoms. The number of aryl methyl sites for hydroxylation is 1. The van der Waals surface area contributed by atoms with E-state index in [1.165, 1.54) is 17.4 Å². The number of anilines is 1. The van der Waals surface area contributed by atoms with Gasteiger partial charge < -0.3 is 11.1 Å². The molecular formula is C23H16BrN5O2S. The molecule has 0 fully saturated rings. The number of aromatic nitrogens is 2. The molecular weight excluding hydrogens is 490 g/mol. The van der Waals surface area contributed by atoms with Crippen molar-refractivity contribution in [2.24, 2.45) is 5.73 Å². The summed E-state index contributed by atoms with van der Waals surface area (Å²) in [6.07, 6.45) is 0.587. The number of nitrogens with two attached hydrogens (primary N) is 1. The third kappa shape index (κ3) is 4.51. The number of nitrogens with zero attached hydrogens (tertiary/aromatic N) is 3. The highest BCUT2D eigenvalue weighted by Gasteiger charge is 2.18. The third-order valence-electron chi connectivity index (χ3n) is 4.77. The highest BCUT2D eigenvalue weighted by atomic mass is 79.9. The standard InChI is InChI=1S/C23H16BrN5O2S/c1-12-23(32-20(27-12)8-13-2-4-14(11-25)5-3-13)29-22(31)17-10-19(21(26)30)28-18-7-6-15(24)9-16(17)18/h2-7,9-10H,8H2,1H3,(H2,26,30)(H,29,31). The number of fused-ring (bicyclic) bond motifs is 1. The molecule has 158 valence electrons. The van der Waals surface area contributed by atoms with E-state index in [9.17, 15) is 9.59 Å². The summed E-state index contributed by atoms with van der Waals surface area (Å²) in [5.41, 5.74) is 8.54. The molecule has 0 spiro atoms. The quantitative estimate of drug-likeness (QED) is 0.411. The molecule has 3 N–H and O–H groups in total. The molecule has 4 aromatic rings. The Morgan fingerprint density at radius 2 is 1.91 bits per heavy atom. The number of carbonyl (C=O) groups excluding carboxylic acids is 2.